The van der Waals surface area contributed by atoms with E-state index in [-0.39, 0.29) is 17.8 Å². The molecule has 2 heterocycles. The van der Waals surface area contributed by atoms with Gasteiger partial charge < -0.3 is 9.42 Å². The Hall–Kier alpha value is -2.21. The van der Waals surface area contributed by atoms with Crippen LogP contribution >= 0.6 is 0 Å². The molecule has 5 nitrogen and oxygen atoms in total. The summed E-state index contributed by atoms with van der Waals surface area (Å²) in [6, 6.07) is 6.94. The first-order chi connectivity index (χ1) is 13.4. The molecule has 0 bridgehead atoms. The topological polar surface area (TPSA) is 49.6 Å². The van der Waals surface area contributed by atoms with Gasteiger partial charge in [-0.25, -0.2) is 4.39 Å². The average molecular weight is 387 g/mol. The summed E-state index contributed by atoms with van der Waals surface area (Å²) in [6.45, 7) is 11.2. The third kappa shape index (κ3) is 4.43. The highest BCUT2D eigenvalue weighted by atomic mass is 19.1. The maximum atomic E-state index is 13.3. The summed E-state index contributed by atoms with van der Waals surface area (Å²) in [7, 11) is 0. The molecule has 0 N–H and O–H groups in total. The van der Waals surface area contributed by atoms with Gasteiger partial charge in [0.15, 0.2) is 0 Å². The number of aromatic nitrogens is 1. The lowest BCUT2D eigenvalue weighted by molar-refractivity contribution is 0.0699. The SMILES string of the molecule is CCc1noc(C)c1C(=O)N1CCCN(Cc2ccc(F)cc2)[C@H](C(C)C)C1. The molecular weight excluding hydrogens is 357 g/mol. The smallest absolute Gasteiger partial charge is 0.259 e. The fourth-order valence-corrected chi connectivity index (χ4v) is 3.99. The van der Waals surface area contributed by atoms with Crippen LogP contribution < -0.4 is 0 Å². The summed E-state index contributed by atoms with van der Waals surface area (Å²) in [4.78, 5) is 17.6. The van der Waals surface area contributed by atoms with Crippen molar-refractivity contribution >= 4 is 5.91 Å². The molecule has 1 fully saturated rings. The largest absolute Gasteiger partial charge is 0.361 e. The van der Waals surface area contributed by atoms with E-state index in [1.165, 1.54) is 12.1 Å². The monoisotopic (exact) mass is 387 g/mol. The number of benzene rings is 1. The second kappa shape index (κ2) is 8.86. The Labute approximate surface area is 166 Å². The molecule has 0 aliphatic carbocycles. The Balaban J connectivity index is 1.79. The number of aryl methyl sites for hydroxylation is 2. The van der Waals surface area contributed by atoms with E-state index in [1.54, 1.807) is 6.92 Å². The summed E-state index contributed by atoms with van der Waals surface area (Å²) in [5.74, 6) is 0.788. The molecule has 152 valence electrons. The quantitative estimate of drug-likeness (QED) is 0.776. The van der Waals surface area contributed by atoms with Crippen molar-refractivity contribution in [3.63, 3.8) is 0 Å². The molecule has 0 saturated carbocycles. The van der Waals surface area contributed by atoms with E-state index in [4.69, 9.17) is 4.52 Å². The molecule has 1 aliphatic rings. The Morgan fingerprint density at radius 2 is 2.00 bits per heavy atom. The van der Waals surface area contributed by atoms with Crippen LogP contribution in [0.25, 0.3) is 0 Å². The molecule has 6 heteroatoms. The Kier molecular flexibility index (Phi) is 6.50. The van der Waals surface area contributed by atoms with Crippen LogP contribution in [0.5, 0.6) is 0 Å². The molecular formula is C22H30FN3O2. The fourth-order valence-electron chi connectivity index (χ4n) is 3.99. The van der Waals surface area contributed by atoms with E-state index in [0.717, 1.165) is 37.3 Å². The number of halogens is 1. The van der Waals surface area contributed by atoms with Gasteiger partial charge in [-0.05, 0) is 43.4 Å². The molecule has 1 atom stereocenters. The Morgan fingerprint density at radius 1 is 1.29 bits per heavy atom. The molecule has 0 unspecified atom stereocenters. The number of hydrogen-bond donors (Lipinski definition) is 0. The highest BCUT2D eigenvalue weighted by Gasteiger charge is 2.32. The van der Waals surface area contributed by atoms with Gasteiger partial charge in [0.05, 0.1) is 5.69 Å². The van der Waals surface area contributed by atoms with Crippen molar-refractivity contribution < 1.29 is 13.7 Å². The van der Waals surface area contributed by atoms with Gasteiger partial charge in [0.25, 0.3) is 5.91 Å². The molecule has 3 rings (SSSR count). The molecule has 1 amide bonds. The lowest BCUT2D eigenvalue weighted by Crippen LogP contribution is -2.45. The van der Waals surface area contributed by atoms with Crippen LogP contribution in [0.2, 0.25) is 0 Å². The minimum Gasteiger partial charge on any atom is -0.361 e. The normalized spacial score (nSPS) is 18.5. The molecule has 28 heavy (non-hydrogen) atoms. The maximum absolute atomic E-state index is 13.3. The Bertz CT molecular complexity index is 801. The van der Waals surface area contributed by atoms with Crippen LogP contribution in [0, 0.1) is 18.7 Å². The van der Waals surface area contributed by atoms with Gasteiger partial charge in [0, 0.05) is 32.2 Å². The van der Waals surface area contributed by atoms with E-state index in [1.807, 2.05) is 24.0 Å². The van der Waals surface area contributed by atoms with Gasteiger partial charge in [-0.1, -0.05) is 38.1 Å². The van der Waals surface area contributed by atoms with Crippen molar-refractivity contribution in [3.05, 3.63) is 52.7 Å². The van der Waals surface area contributed by atoms with E-state index >= 15 is 0 Å². The zero-order valence-electron chi connectivity index (χ0n) is 17.2. The summed E-state index contributed by atoms with van der Waals surface area (Å²) in [5, 5.41) is 4.04. The van der Waals surface area contributed by atoms with E-state index in [9.17, 15) is 9.18 Å². The van der Waals surface area contributed by atoms with Gasteiger partial charge >= 0.3 is 0 Å². The highest BCUT2D eigenvalue weighted by Crippen LogP contribution is 2.23. The molecule has 1 saturated heterocycles. The average Bonchev–Trinajstić information content (AvgIpc) is 2.91. The lowest BCUT2D eigenvalue weighted by Gasteiger charge is -2.34. The van der Waals surface area contributed by atoms with Gasteiger partial charge in [0.2, 0.25) is 0 Å². The number of amides is 1. The number of hydrogen-bond acceptors (Lipinski definition) is 4. The first-order valence-electron chi connectivity index (χ1n) is 10.1. The summed E-state index contributed by atoms with van der Waals surface area (Å²) >= 11 is 0. The minimum absolute atomic E-state index is 0.0184. The minimum atomic E-state index is -0.215. The predicted octanol–water partition coefficient (Wildman–Crippen LogP) is 4.06. The van der Waals surface area contributed by atoms with Crippen molar-refractivity contribution in [1.82, 2.24) is 15.0 Å². The molecule has 0 spiro atoms. The molecule has 1 aromatic carbocycles. The Morgan fingerprint density at radius 3 is 2.64 bits per heavy atom. The van der Waals surface area contributed by atoms with Crippen LogP contribution in [0.3, 0.4) is 0 Å². The number of nitrogens with zero attached hydrogens (tertiary/aromatic N) is 3. The van der Waals surface area contributed by atoms with Gasteiger partial charge in [0.1, 0.15) is 17.1 Å². The molecule has 1 aromatic heterocycles. The first-order valence-corrected chi connectivity index (χ1v) is 10.1. The number of carbonyl (C=O) groups excluding carboxylic acids is 1. The zero-order chi connectivity index (χ0) is 20.3. The van der Waals surface area contributed by atoms with Crippen molar-refractivity contribution in [2.75, 3.05) is 19.6 Å². The molecule has 2 aromatic rings. The van der Waals surface area contributed by atoms with E-state index < -0.39 is 0 Å². The fraction of sp³-hybridized carbons (Fsp3) is 0.545. The lowest BCUT2D eigenvalue weighted by atomic mass is 10.0. The van der Waals surface area contributed by atoms with E-state index in [0.29, 0.717) is 30.2 Å². The third-order valence-corrected chi connectivity index (χ3v) is 5.59. The van der Waals surface area contributed by atoms with Crippen LogP contribution in [0.15, 0.2) is 28.8 Å². The highest BCUT2D eigenvalue weighted by molar-refractivity contribution is 5.96. The van der Waals surface area contributed by atoms with Crippen molar-refractivity contribution in [3.8, 4) is 0 Å². The maximum Gasteiger partial charge on any atom is 0.259 e. The van der Waals surface area contributed by atoms with Crippen molar-refractivity contribution in [2.45, 2.75) is 53.1 Å². The first kappa shape index (κ1) is 20.5. The molecule has 1 aliphatic heterocycles. The zero-order valence-corrected chi connectivity index (χ0v) is 17.2. The van der Waals surface area contributed by atoms with Crippen LogP contribution in [0.4, 0.5) is 4.39 Å². The number of carbonyl (C=O) groups is 1. The number of rotatable bonds is 5. The van der Waals surface area contributed by atoms with Gasteiger partial charge in [-0.15, -0.1) is 0 Å². The predicted molar refractivity (Wildman–Crippen MR) is 107 cm³/mol. The van der Waals surface area contributed by atoms with Gasteiger partial charge in [-0.3, -0.25) is 9.69 Å². The second-order valence-corrected chi connectivity index (χ2v) is 7.93. The van der Waals surface area contributed by atoms with Crippen molar-refractivity contribution in [1.29, 1.82) is 0 Å². The summed E-state index contributed by atoms with van der Waals surface area (Å²) in [5.41, 5.74) is 2.45. The van der Waals surface area contributed by atoms with Gasteiger partial charge in [-0.2, -0.15) is 0 Å². The van der Waals surface area contributed by atoms with Crippen LogP contribution in [-0.4, -0.2) is 46.5 Å². The molecule has 0 radical (unpaired) electrons. The second-order valence-electron chi connectivity index (χ2n) is 7.93. The standard InChI is InChI=1S/C22H30FN3O2/c1-5-19-21(16(4)28-24-19)22(27)26-12-6-11-25(20(14-26)15(2)3)13-17-7-9-18(23)10-8-17/h7-10,15,20H,5-6,11-14H2,1-4H3/t20-/m0/s1. The summed E-state index contributed by atoms with van der Waals surface area (Å²) < 4.78 is 18.5. The van der Waals surface area contributed by atoms with E-state index in [2.05, 4.69) is 23.9 Å². The van der Waals surface area contributed by atoms with Crippen LogP contribution in [0.1, 0.15) is 54.6 Å². The third-order valence-electron chi connectivity index (χ3n) is 5.59. The summed E-state index contributed by atoms with van der Waals surface area (Å²) in [6.07, 6.45) is 1.58. The van der Waals surface area contributed by atoms with Crippen molar-refractivity contribution in [2.24, 2.45) is 5.92 Å². The van der Waals surface area contributed by atoms with Crippen LogP contribution in [-0.2, 0) is 13.0 Å².